The molecule has 3 heteroatoms. The van der Waals surface area contributed by atoms with E-state index in [-0.39, 0.29) is 4.87 Å². The lowest BCUT2D eigenvalue weighted by molar-refractivity contribution is -0.0152. The summed E-state index contributed by atoms with van der Waals surface area (Å²) >= 11 is 6.33. The van der Waals surface area contributed by atoms with Crippen molar-refractivity contribution in [2.75, 3.05) is 32.2 Å². The number of hydrogen-bond donors (Lipinski definition) is 0. The molecule has 0 atom stereocenters. The number of rotatable bonds is 2. The molecule has 1 aromatic rings. The fourth-order valence-electron chi connectivity index (χ4n) is 1.51. The maximum Gasteiger partial charge on any atom is 0.116 e. The van der Waals surface area contributed by atoms with Crippen molar-refractivity contribution in [1.82, 2.24) is 0 Å². The smallest absolute Gasteiger partial charge is 0.116 e. The lowest BCUT2D eigenvalue weighted by Crippen LogP contribution is -2.41. The number of alkyl halides is 1. The van der Waals surface area contributed by atoms with Gasteiger partial charge in [0.1, 0.15) is 4.87 Å². The number of anilines is 1. The zero-order valence-corrected chi connectivity index (χ0v) is 9.21. The quantitative estimate of drug-likeness (QED) is 0.696. The van der Waals surface area contributed by atoms with Gasteiger partial charge in [0, 0.05) is 19.8 Å². The molecule has 0 amide bonds. The van der Waals surface area contributed by atoms with Crippen LogP contribution in [-0.2, 0) is 9.61 Å². The van der Waals surface area contributed by atoms with Gasteiger partial charge in [0.25, 0.3) is 0 Å². The molecule has 0 spiro atoms. The second-order valence-electron chi connectivity index (χ2n) is 3.90. The van der Waals surface area contributed by atoms with Gasteiger partial charge >= 0.3 is 0 Å². The first kappa shape index (κ1) is 9.81. The molecule has 1 heterocycles. The van der Waals surface area contributed by atoms with Crippen LogP contribution in [0.5, 0.6) is 0 Å². The topological polar surface area (TPSA) is 12.5 Å². The molecule has 2 nitrogen and oxygen atoms in total. The number of nitrogens with zero attached hydrogens (tertiary/aromatic N) is 1. The summed E-state index contributed by atoms with van der Waals surface area (Å²) < 4.78 is 5.13. The zero-order chi connectivity index (χ0) is 10.2. The summed E-state index contributed by atoms with van der Waals surface area (Å²) in [5.74, 6) is 0. The van der Waals surface area contributed by atoms with Crippen molar-refractivity contribution in [3.05, 3.63) is 29.8 Å². The lowest BCUT2D eigenvalue weighted by Gasteiger charge is -2.36. The third-order valence-corrected chi connectivity index (χ3v) is 3.00. The minimum absolute atomic E-state index is 0.273. The van der Waals surface area contributed by atoms with Crippen molar-refractivity contribution in [2.45, 2.75) is 4.87 Å². The molecule has 0 aliphatic carbocycles. The Bertz CT molecular complexity index is 317. The predicted octanol–water partition coefficient (Wildman–Crippen LogP) is 2.22. The van der Waals surface area contributed by atoms with Crippen molar-refractivity contribution in [3.63, 3.8) is 0 Å². The maximum absolute atomic E-state index is 6.33. The van der Waals surface area contributed by atoms with E-state index in [4.69, 9.17) is 16.3 Å². The maximum atomic E-state index is 6.33. The Morgan fingerprint density at radius 1 is 1.21 bits per heavy atom. The van der Waals surface area contributed by atoms with E-state index in [2.05, 4.69) is 29.2 Å². The Kier molecular flexibility index (Phi) is 2.41. The van der Waals surface area contributed by atoms with Gasteiger partial charge in [0.2, 0.25) is 0 Å². The van der Waals surface area contributed by atoms with Crippen LogP contribution < -0.4 is 4.90 Å². The number of benzene rings is 1. The molecule has 1 fully saturated rings. The van der Waals surface area contributed by atoms with Crippen LogP contribution in [0.1, 0.15) is 5.56 Å². The Morgan fingerprint density at radius 3 is 2.14 bits per heavy atom. The van der Waals surface area contributed by atoms with Gasteiger partial charge in [-0.1, -0.05) is 12.1 Å². The van der Waals surface area contributed by atoms with E-state index in [0.29, 0.717) is 13.2 Å². The van der Waals surface area contributed by atoms with Gasteiger partial charge in [-0.15, -0.1) is 11.6 Å². The average Bonchev–Trinajstić information content (AvgIpc) is 2.14. The van der Waals surface area contributed by atoms with Gasteiger partial charge < -0.3 is 9.64 Å². The minimum atomic E-state index is -0.273. The zero-order valence-electron chi connectivity index (χ0n) is 8.46. The van der Waals surface area contributed by atoms with Crippen LogP contribution in [0.3, 0.4) is 0 Å². The van der Waals surface area contributed by atoms with Crippen LogP contribution in [-0.4, -0.2) is 27.3 Å². The minimum Gasteiger partial charge on any atom is -0.378 e. The Balaban J connectivity index is 2.21. The highest BCUT2D eigenvalue weighted by atomic mass is 35.5. The van der Waals surface area contributed by atoms with Gasteiger partial charge in [-0.3, -0.25) is 0 Å². The molecule has 0 N–H and O–H groups in total. The molecule has 76 valence electrons. The monoisotopic (exact) mass is 211 g/mol. The van der Waals surface area contributed by atoms with Crippen LogP contribution >= 0.6 is 11.6 Å². The van der Waals surface area contributed by atoms with Crippen molar-refractivity contribution < 1.29 is 4.74 Å². The molecule has 0 unspecified atom stereocenters. The van der Waals surface area contributed by atoms with Gasteiger partial charge in [-0.25, -0.2) is 0 Å². The number of halogens is 1. The lowest BCUT2D eigenvalue weighted by atomic mass is 9.96. The first-order chi connectivity index (χ1) is 6.62. The summed E-state index contributed by atoms with van der Waals surface area (Å²) in [7, 11) is 4.05. The molecule has 1 aromatic carbocycles. The fourth-order valence-corrected chi connectivity index (χ4v) is 1.79. The van der Waals surface area contributed by atoms with Crippen molar-refractivity contribution in [1.29, 1.82) is 0 Å². The van der Waals surface area contributed by atoms with E-state index in [0.717, 1.165) is 5.56 Å². The average molecular weight is 212 g/mol. The molecule has 1 saturated heterocycles. The predicted molar refractivity (Wildman–Crippen MR) is 59.1 cm³/mol. The van der Waals surface area contributed by atoms with E-state index >= 15 is 0 Å². The SMILES string of the molecule is CN(C)c1ccc(C2(Cl)COC2)cc1. The standard InChI is InChI=1S/C11H14ClNO/c1-13(2)10-5-3-9(4-6-10)11(12)7-14-8-11/h3-6H,7-8H2,1-2H3. The highest BCUT2D eigenvalue weighted by Crippen LogP contribution is 2.36. The second kappa shape index (κ2) is 3.44. The molecule has 14 heavy (non-hydrogen) atoms. The molecule has 1 aliphatic heterocycles. The molecular weight excluding hydrogens is 198 g/mol. The van der Waals surface area contributed by atoms with Crippen LogP contribution in [0.2, 0.25) is 0 Å². The highest BCUT2D eigenvalue weighted by Gasteiger charge is 2.37. The second-order valence-corrected chi connectivity index (χ2v) is 4.62. The first-order valence-corrected chi connectivity index (χ1v) is 5.04. The molecule has 0 saturated carbocycles. The first-order valence-electron chi connectivity index (χ1n) is 4.66. The summed E-state index contributed by atoms with van der Waals surface area (Å²) in [6.07, 6.45) is 0. The molecule has 0 aromatic heterocycles. The van der Waals surface area contributed by atoms with Crippen molar-refractivity contribution >= 4 is 17.3 Å². The van der Waals surface area contributed by atoms with E-state index in [1.807, 2.05) is 14.1 Å². The number of ether oxygens (including phenoxy) is 1. The third-order valence-electron chi connectivity index (χ3n) is 2.56. The van der Waals surface area contributed by atoms with Gasteiger partial charge in [0.15, 0.2) is 0 Å². The van der Waals surface area contributed by atoms with Crippen molar-refractivity contribution in [2.24, 2.45) is 0 Å². The molecule has 1 aliphatic rings. The number of hydrogen-bond acceptors (Lipinski definition) is 2. The molecule has 0 bridgehead atoms. The molecule has 0 radical (unpaired) electrons. The van der Waals surface area contributed by atoms with Gasteiger partial charge in [0.05, 0.1) is 13.2 Å². The van der Waals surface area contributed by atoms with Crippen molar-refractivity contribution in [3.8, 4) is 0 Å². The summed E-state index contributed by atoms with van der Waals surface area (Å²) in [5, 5.41) is 0. The van der Waals surface area contributed by atoms with Crippen LogP contribution in [0.25, 0.3) is 0 Å². The van der Waals surface area contributed by atoms with Gasteiger partial charge in [-0.05, 0) is 17.7 Å². The normalized spacial score (nSPS) is 18.8. The van der Waals surface area contributed by atoms with Gasteiger partial charge in [-0.2, -0.15) is 0 Å². The van der Waals surface area contributed by atoms with Crippen LogP contribution in [0, 0.1) is 0 Å². The summed E-state index contributed by atoms with van der Waals surface area (Å²) in [5.41, 5.74) is 2.34. The summed E-state index contributed by atoms with van der Waals surface area (Å²) in [4.78, 5) is 1.80. The van der Waals surface area contributed by atoms with E-state index in [9.17, 15) is 0 Å². The summed E-state index contributed by atoms with van der Waals surface area (Å²) in [6.45, 7) is 1.24. The fraction of sp³-hybridized carbons (Fsp3) is 0.455. The third kappa shape index (κ3) is 1.60. The highest BCUT2D eigenvalue weighted by molar-refractivity contribution is 6.24. The molecular formula is C11H14ClNO. The Hall–Kier alpha value is -0.730. The van der Waals surface area contributed by atoms with E-state index < -0.39 is 0 Å². The Labute approximate surface area is 89.4 Å². The summed E-state index contributed by atoms with van der Waals surface area (Å²) in [6, 6.07) is 8.31. The van der Waals surface area contributed by atoms with Crippen LogP contribution in [0.4, 0.5) is 5.69 Å². The van der Waals surface area contributed by atoms with E-state index in [1.165, 1.54) is 5.69 Å². The molecule has 2 rings (SSSR count). The van der Waals surface area contributed by atoms with Crippen LogP contribution in [0.15, 0.2) is 24.3 Å². The Morgan fingerprint density at radius 2 is 1.79 bits per heavy atom. The largest absolute Gasteiger partial charge is 0.378 e. The van der Waals surface area contributed by atoms with E-state index in [1.54, 1.807) is 0 Å².